The van der Waals surface area contributed by atoms with Crippen molar-refractivity contribution in [2.45, 2.75) is 71.9 Å². The number of Topliss-reactive ketones (excluding diaryl/α,β-unsaturated/α-hetero) is 2. The standard InChI is InChI=1S/C23H22F3N3O3.C14H15F2NO.C8H9FN2O.CH4/c24-14-8-15-17(19(26)9-14)10-23(11-20(15)30)3-5-29(6-4-23)22(32)28-12-13-1-2-18(25)16(7-13)21(27)31;15-9-5-10-11(12(16)6-9)7-14(8-13(10)18)1-3-17-4-2-14;9-7-2-1-5(4-10)3-6(7)8(11)12;/h1-2,7-9H,3-6,10-12H2,(H2,27,31)(H,28,32);5-6,17H,1-4,7-8H2;1-3H,4,10H2,(H2,11,12);1H4. The minimum Gasteiger partial charge on any atom is -0.366 e. The molecule has 2 aliphatic carbocycles. The van der Waals surface area contributed by atoms with E-state index in [0.29, 0.717) is 61.9 Å². The molecular weight excluding hydrogens is 831 g/mol. The van der Waals surface area contributed by atoms with Crippen molar-refractivity contribution < 1.29 is 50.3 Å². The Hall–Kier alpha value is -6.07. The lowest BCUT2D eigenvalue weighted by molar-refractivity contribution is 0.0728. The number of hydrogen-bond donors (Lipinski definition) is 5. The number of nitrogens with one attached hydrogen (secondary N) is 2. The Morgan fingerprint density at radius 2 is 1.06 bits per heavy atom. The van der Waals surface area contributed by atoms with E-state index in [0.717, 1.165) is 50.2 Å². The smallest absolute Gasteiger partial charge is 0.317 e. The van der Waals surface area contributed by atoms with Crippen molar-refractivity contribution in [1.82, 2.24) is 15.5 Å². The highest BCUT2D eigenvalue weighted by molar-refractivity contribution is 6.00. The number of nitrogens with zero attached hydrogens (tertiary/aromatic N) is 1. The average molecular weight is 881 g/mol. The third kappa shape index (κ3) is 11.1. The van der Waals surface area contributed by atoms with Crippen molar-refractivity contribution in [3.05, 3.63) is 140 Å². The van der Waals surface area contributed by atoms with Crippen LogP contribution in [0.3, 0.4) is 0 Å². The second-order valence-electron chi connectivity index (χ2n) is 16.3. The number of amides is 4. The first-order chi connectivity index (χ1) is 29.4. The number of benzene rings is 4. The van der Waals surface area contributed by atoms with Crippen molar-refractivity contribution in [3.8, 4) is 0 Å². The summed E-state index contributed by atoms with van der Waals surface area (Å²) >= 11 is 0. The van der Waals surface area contributed by atoms with Crippen LogP contribution in [-0.4, -0.2) is 60.5 Å². The molecule has 4 amide bonds. The first-order valence-electron chi connectivity index (χ1n) is 20.0. The molecule has 4 aromatic rings. The summed E-state index contributed by atoms with van der Waals surface area (Å²) in [7, 11) is 0. The maximum atomic E-state index is 14.3. The Morgan fingerprint density at radius 3 is 1.52 bits per heavy atom. The lowest BCUT2D eigenvalue weighted by Crippen LogP contribution is -2.49. The number of ketones is 2. The molecular formula is C46H50F6N6O5. The lowest BCUT2D eigenvalue weighted by Gasteiger charge is -2.44. The largest absolute Gasteiger partial charge is 0.366 e. The molecule has 63 heavy (non-hydrogen) atoms. The van der Waals surface area contributed by atoms with Crippen LogP contribution < -0.4 is 27.8 Å². The number of hydrogen-bond acceptors (Lipinski definition) is 7. The minimum atomic E-state index is -0.889. The fourth-order valence-electron chi connectivity index (χ4n) is 8.71. The number of urea groups is 1. The van der Waals surface area contributed by atoms with E-state index >= 15 is 0 Å². The van der Waals surface area contributed by atoms with Crippen LogP contribution in [0.15, 0.2) is 60.7 Å². The summed E-state index contributed by atoms with van der Waals surface area (Å²) in [5.41, 5.74) is 16.7. The number of primary amides is 2. The van der Waals surface area contributed by atoms with Gasteiger partial charge in [-0.25, -0.2) is 31.1 Å². The predicted molar refractivity (Wildman–Crippen MR) is 222 cm³/mol. The van der Waals surface area contributed by atoms with Gasteiger partial charge in [0, 0.05) is 62.3 Å². The predicted octanol–water partition coefficient (Wildman–Crippen LogP) is 6.81. The van der Waals surface area contributed by atoms with Gasteiger partial charge in [0.15, 0.2) is 11.6 Å². The van der Waals surface area contributed by atoms with Gasteiger partial charge in [-0.2, -0.15) is 0 Å². The van der Waals surface area contributed by atoms with E-state index in [4.69, 9.17) is 17.2 Å². The van der Waals surface area contributed by atoms with Gasteiger partial charge in [-0.15, -0.1) is 0 Å². The zero-order valence-electron chi connectivity index (χ0n) is 33.7. The van der Waals surface area contributed by atoms with Crippen LogP contribution in [0.2, 0.25) is 0 Å². The van der Waals surface area contributed by atoms with Crippen LogP contribution in [-0.2, 0) is 25.9 Å². The van der Waals surface area contributed by atoms with Crippen molar-refractivity contribution >= 4 is 29.4 Å². The lowest BCUT2D eigenvalue weighted by atomic mass is 9.66. The first kappa shape index (κ1) is 48.0. The highest BCUT2D eigenvalue weighted by Gasteiger charge is 2.43. The van der Waals surface area contributed by atoms with Crippen LogP contribution in [0, 0.1) is 45.7 Å². The molecule has 2 aliphatic heterocycles. The van der Waals surface area contributed by atoms with Crippen LogP contribution in [0.25, 0.3) is 0 Å². The highest BCUT2D eigenvalue weighted by Crippen LogP contribution is 2.45. The van der Waals surface area contributed by atoms with Crippen molar-refractivity contribution in [2.75, 3.05) is 26.2 Å². The Balaban J connectivity index is 0.000000202. The summed E-state index contributed by atoms with van der Waals surface area (Å²) in [5.74, 6) is -6.10. The number of carbonyl (C=O) groups excluding carboxylic acids is 5. The molecule has 2 heterocycles. The normalized spacial score (nSPS) is 16.9. The molecule has 0 saturated carbocycles. The molecule has 4 aromatic carbocycles. The average Bonchev–Trinajstić information content (AvgIpc) is 3.22. The fraction of sp³-hybridized carbons (Fsp3) is 0.370. The second-order valence-corrected chi connectivity index (χ2v) is 16.3. The van der Waals surface area contributed by atoms with Gasteiger partial charge in [0.05, 0.1) is 11.1 Å². The van der Waals surface area contributed by atoms with Gasteiger partial charge in [0.1, 0.15) is 34.9 Å². The van der Waals surface area contributed by atoms with Crippen LogP contribution in [0.4, 0.5) is 31.1 Å². The maximum Gasteiger partial charge on any atom is 0.317 e. The first-order valence-corrected chi connectivity index (χ1v) is 20.0. The highest BCUT2D eigenvalue weighted by atomic mass is 19.2. The van der Waals surface area contributed by atoms with Crippen molar-refractivity contribution in [2.24, 2.45) is 28.0 Å². The van der Waals surface area contributed by atoms with Gasteiger partial charge in [-0.1, -0.05) is 19.6 Å². The summed E-state index contributed by atoms with van der Waals surface area (Å²) in [6.07, 6.45) is 4.32. The third-order valence-electron chi connectivity index (χ3n) is 12.1. The minimum absolute atomic E-state index is 0. The van der Waals surface area contributed by atoms with E-state index in [1.807, 2.05) is 0 Å². The Kier molecular flexibility index (Phi) is 15.2. The van der Waals surface area contributed by atoms with Gasteiger partial charge in [-0.3, -0.25) is 19.2 Å². The molecule has 2 spiro atoms. The number of piperidine rings is 2. The molecule has 0 bridgehead atoms. The summed E-state index contributed by atoms with van der Waals surface area (Å²) in [6, 6.07) is 11.5. The number of halogens is 6. The van der Waals surface area contributed by atoms with E-state index in [1.165, 1.54) is 36.4 Å². The second kappa shape index (κ2) is 20.0. The fourth-order valence-corrected chi connectivity index (χ4v) is 8.71. The van der Waals surface area contributed by atoms with E-state index in [-0.39, 0.29) is 77.8 Å². The van der Waals surface area contributed by atoms with Crippen LogP contribution in [0.1, 0.15) is 110 Å². The van der Waals surface area contributed by atoms with Gasteiger partial charge in [-0.05, 0) is 121 Å². The van der Waals surface area contributed by atoms with Gasteiger partial charge in [0.25, 0.3) is 11.8 Å². The Bertz CT molecular complexity index is 2420. The molecule has 336 valence electrons. The van der Waals surface area contributed by atoms with Gasteiger partial charge >= 0.3 is 6.03 Å². The van der Waals surface area contributed by atoms with Gasteiger partial charge in [0.2, 0.25) is 0 Å². The third-order valence-corrected chi connectivity index (χ3v) is 12.1. The molecule has 17 heteroatoms. The zero-order chi connectivity index (χ0) is 44.9. The molecule has 4 aliphatic rings. The van der Waals surface area contributed by atoms with E-state index in [9.17, 15) is 50.3 Å². The number of nitrogens with two attached hydrogens (primary N) is 3. The molecule has 11 nitrogen and oxygen atoms in total. The summed E-state index contributed by atoms with van der Waals surface area (Å²) in [4.78, 5) is 60.7. The molecule has 0 aromatic heterocycles. The number of carbonyl (C=O) groups is 5. The quantitative estimate of drug-likeness (QED) is 0.136. The molecule has 8 N–H and O–H groups in total. The molecule has 8 rings (SSSR count). The zero-order valence-corrected chi connectivity index (χ0v) is 33.7. The van der Waals surface area contributed by atoms with E-state index in [2.05, 4.69) is 10.6 Å². The monoisotopic (exact) mass is 880 g/mol. The maximum absolute atomic E-state index is 14.3. The Morgan fingerprint density at radius 1 is 0.619 bits per heavy atom. The SMILES string of the molecule is C.NC(=O)c1cc(CNC(=O)N2CCC3(CC2)CC(=O)c2cc(F)cc(F)c2C3)ccc1F.NCc1ccc(F)c(C(N)=O)c1.O=C1CC2(CCNCC2)Cc2c(F)cc(F)cc21. The molecule has 0 atom stereocenters. The summed E-state index contributed by atoms with van der Waals surface area (Å²) < 4.78 is 81.2. The molecule has 0 unspecified atom stereocenters. The van der Waals surface area contributed by atoms with Crippen LogP contribution in [0.5, 0.6) is 0 Å². The number of rotatable bonds is 5. The molecule has 2 saturated heterocycles. The number of likely N-dealkylation sites (tertiary alicyclic amines) is 1. The molecule has 2 fully saturated rings. The van der Waals surface area contributed by atoms with E-state index in [1.54, 1.807) is 4.90 Å². The van der Waals surface area contributed by atoms with E-state index < -0.39 is 52.1 Å². The summed E-state index contributed by atoms with van der Waals surface area (Å²) in [5, 5.41) is 5.98. The molecule has 0 radical (unpaired) electrons. The Labute approximate surface area is 360 Å². The van der Waals surface area contributed by atoms with Crippen LogP contribution >= 0.6 is 0 Å². The number of fused-ring (bicyclic) bond motifs is 2. The van der Waals surface area contributed by atoms with Gasteiger partial charge < -0.3 is 32.7 Å². The summed E-state index contributed by atoms with van der Waals surface area (Å²) in [6.45, 7) is 2.85. The van der Waals surface area contributed by atoms with Crippen molar-refractivity contribution in [3.63, 3.8) is 0 Å². The topological polar surface area (TPSA) is 191 Å². The van der Waals surface area contributed by atoms with Crippen molar-refractivity contribution in [1.29, 1.82) is 0 Å².